The summed E-state index contributed by atoms with van der Waals surface area (Å²) in [5, 5.41) is 2.14. The van der Waals surface area contributed by atoms with Crippen LogP contribution in [0.2, 0.25) is 0 Å². The van der Waals surface area contributed by atoms with Crippen molar-refractivity contribution in [2.24, 2.45) is 5.73 Å². The van der Waals surface area contributed by atoms with E-state index >= 15 is 0 Å². The number of pyridine rings is 1. The van der Waals surface area contributed by atoms with Gasteiger partial charge in [-0.15, -0.1) is 11.3 Å². The number of nitrogens with one attached hydrogen (secondary N) is 1. The molecular weight excluding hydrogens is 326 g/mol. The quantitative estimate of drug-likeness (QED) is 0.834. The largest absolute Gasteiger partial charge is 0.365 e. The number of hydrogen-bond donors (Lipinski definition) is 2. The molecule has 3 rings (SSSR count). The van der Waals surface area contributed by atoms with Crippen molar-refractivity contribution >= 4 is 29.5 Å². The van der Waals surface area contributed by atoms with Gasteiger partial charge in [-0.1, -0.05) is 18.3 Å². The van der Waals surface area contributed by atoms with Crippen molar-refractivity contribution in [3.63, 3.8) is 0 Å². The lowest BCUT2D eigenvalue weighted by atomic mass is 10.1. The van der Waals surface area contributed by atoms with Crippen LogP contribution in [0.4, 0.5) is 0 Å². The van der Waals surface area contributed by atoms with Crippen LogP contribution >= 0.6 is 23.6 Å². The van der Waals surface area contributed by atoms with Gasteiger partial charge >= 0.3 is 0 Å². The van der Waals surface area contributed by atoms with Gasteiger partial charge in [0, 0.05) is 18.5 Å². The predicted octanol–water partition coefficient (Wildman–Crippen LogP) is 2.37. The minimum atomic E-state index is -0.438. The van der Waals surface area contributed by atoms with Crippen molar-refractivity contribution in [3.8, 4) is 0 Å². The van der Waals surface area contributed by atoms with E-state index in [0.29, 0.717) is 16.2 Å². The molecule has 0 radical (unpaired) electrons. The van der Waals surface area contributed by atoms with E-state index in [0.717, 1.165) is 24.5 Å². The molecule has 2 aromatic rings. The van der Waals surface area contributed by atoms with Gasteiger partial charge < -0.3 is 10.6 Å². The lowest BCUT2D eigenvalue weighted by Crippen LogP contribution is -3.09. The molecule has 6 heteroatoms. The van der Waals surface area contributed by atoms with Gasteiger partial charge in [0.1, 0.15) is 10.7 Å². The average molecular weight is 349 g/mol. The van der Waals surface area contributed by atoms with Crippen LogP contribution in [0.5, 0.6) is 0 Å². The summed E-state index contributed by atoms with van der Waals surface area (Å²) >= 11 is 7.39. The molecular formula is C17H22N3OS2+. The fourth-order valence-corrected chi connectivity index (χ4v) is 4.95. The summed E-state index contributed by atoms with van der Waals surface area (Å²) in [4.78, 5) is 14.7. The number of rotatable bonds is 4. The molecule has 2 aromatic heterocycles. The Hall–Kier alpha value is -1.50. The fraction of sp³-hybridized carbons (Fsp3) is 0.412. The number of hydrogen-bond acceptors (Lipinski definition) is 3. The van der Waals surface area contributed by atoms with E-state index in [-0.39, 0.29) is 0 Å². The van der Waals surface area contributed by atoms with Crippen LogP contribution in [0.15, 0.2) is 23.6 Å². The van der Waals surface area contributed by atoms with Gasteiger partial charge in [0.2, 0.25) is 0 Å². The summed E-state index contributed by atoms with van der Waals surface area (Å²) in [5.41, 5.74) is 7.95. The summed E-state index contributed by atoms with van der Waals surface area (Å²) in [6.07, 6.45) is 2.43. The molecule has 4 nitrogen and oxygen atoms in total. The molecule has 1 saturated heterocycles. The smallest absolute Gasteiger partial charge is 0.251 e. The average Bonchev–Trinajstić information content (AvgIpc) is 3.13. The second-order valence-electron chi connectivity index (χ2n) is 6.22. The van der Waals surface area contributed by atoms with Crippen molar-refractivity contribution in [1.29, 1.82) is 0 Å². The molecule has 0 aromatic carbocycles. The van der Waals surface area contributed by atoms with Crippen LogP contribution in [-0.4, -0.2) is 17.0 Å². The number of aromatic nitrogens is 1. The van der Waals surface area contributed by atoms with E-state index in [1.54, 1.807) is 0 Å². The molecule has 2 atom stereocenters. The van der Waals surface area contributed by atoms with Crippen molar-refractivity contribution in [2.75, 3.05) is 6.54 Å². The van der Waals surface area contributed by atoms with Crippen molar-refractivity contribution < 1.29 is 9.69 Å². The number of amides is 1. The molecule has 3 heterocycles. The Balaban J connectivity index is 1.95. The van der Waals surface area contributed by atoms with Crippen molar-refractivity contribution in [2.45, 2.75) is 39.4 Å². The molecule has 0 bridgehead atoms. The van der Waals surface area contributed by atoms with Crippen LogP contribution in [-0.2, 0) is 6.67 Å². The third kappa shape index (κ3) is 3.11. The highest BCUT2D eigenvalue weighted by Gasteiger charge is 2.31. The molecule has 0 spiro atoms. The minimum Gasteiger partial charge on any atom is -0.365 e. The molecule has 3 N–H and O–H groups in total. The third-order valence-electron chi connectivity index (χ3n) is 4.68. The number of nitrogens with two attached hydrogens (primary N) is 1. The molecule has 1 aliphatic rings. The Morgan fingerprint density at radius 2 is 2.30 bits per heavy atom. The van der Waals surface area contributed by atoms with E-state index in [2.05, 4.69) is 22.1 Å². The zero-order valence-electron chi connectivity index (χ0n) is 13.5. The van der Waals surface area contributed by atoms with Gasteiger partial charge in [-0.2, -0.15) is 0 Å². The van der Waals surface area contributed by atoms with Crippen molar-refractivity contribution in [1.82, 2.24) is 4.57 Å². The van der Waals surface area contributed by atoms with Crippen LogP contribution in [0.25, 0.3) is 0 Å². The maximum absolute atomic E-state index is 11.7. The summed E-state index contributed by atoms with van der Waals surface area (Å²) in [6.45, 7) is 5.85. The first kappa shape index (κ1) is 16.4. The van der Waals surface area contributed by atoms with Crippen LogP contribution in [0.3, 0.4) is 0 Å². The molecule has 23 heavy (non-hydrogen) atoms. The molecule has 0 saturated carbocycles. The molecule has 122 valence electrons. The van der Waals surface area contributed by atoms with Crippen LogP contribution < -0.4 is 10.6 Å². The zero-order chi connectivity index (χ0) is 16.6. The normalized spacial score (nSPS) is 20.8. The highest BCUT2D eigenvalue weighted by molar-refractivity contribution is 7.71. The first-order chi connectivity index (χ1) is 11.0. The fourth-order valence-electron chi connectivity index (χ4n) is 3.56. The lowest BCUT2D eigenvalue weighted by Gasteiger charge is -2.24. The van der Waals surface area contributed by atoms with Gasteiger partial charge in [0.05, 0.1) is 17.0 Å². The Bertz CT molecular complexity index is 780. The van der Waals surface area contributed by atoms with Gasteiger partial charge in [-0.25, -0.2) is 0 Å². The van der Waals surface area contributed by atoms with E-state index in [9.17, 15) is 4.79 Å². The van der Waals surface area contributed by atoms with Crippen LogP contribution in [0.1, 0.15) is 45.4 Å². The highest BCUT2D eigenvalue weighted by atomic mass is 32.1. The summed E-state index contributed by atoms with van der Waals surface area (Å²) in [6, 6.07) is 6.86. The summed E-state index contributed by atoms with van der Waals surface area (Å²) < 4.78 is 2.64. The number of likely N-dealkylation sites (tertiary alicyclic amines) is 1. The SMILES string of the molecule is Cc1cc(C)n(C[NH+]2CCC[C@H]2c2cccs2)c(=S)c1C(N)=O. The molecule has 1 aliphatic heterocycles. The molecule has 1 fully saturated rings. The Morgan fingerprint density at radius 3 is 2.96 bits per heavy atom. The minimum absolute atomic E-state index is 0.438. The first-order valence-electron chi connectivity index (χ1n) is 7.88. The van der Waals surface area contributed by atoms with E-state index < -0.39 is 5.91 Å². The van der Waals surface area contributed by atoms with E-state index in [1.807, 2.05) is 31.3 Å². The maximum Gasteiger partial charge on any atom is 0.251 e. The number of aryl methyl sites for hydroxylation is 2. The van der Waals surface area contributed by atoms with Gasteiger partial charge in [0.25, 0.3) is 5.91 Å². The Kier molecular flexibility index (Phi) is 4.66. The van der Waals surface area contributed by atoms with Gasteiger partial charge in [0.15, 0.2) is 6.67 Å². The van der Waals surface area contributed by atoms with Crippen LogP contribution in [0, 0.1) is 18.5 Å². The monoisotopic (exact) mass is 348 g/mol. The highest BCUT2D eigenvalue weighted by Crippen LogP contribution is 2.23. The van der Waals surface area contributed by atoms with E-state index in [4.69, 9.17) is 18.0 Å². The van der Waals surface area contributed by atoms with E-state index in [1.165, 1.54) is 22.6 Å². The first-order valence-corrected chi connectivity index (χ1v) is 9.16. The number of nitrogens with zero attached hydrogens (tertiary/aromatic N) is 1. The van der Waals surface area contributed by atoms with Crippen molar-refractivity contribution in [3.05, 3.63) is 49.9 Å². The number of carbonyl (C=O) groups is 1. The zero-order valence-corrected chi connectivity index (χ0v) is 15.1. The molecule has 1 amide bonds. The summed E-state index contributed by atoms with van der Waals surface area (Å²) in [7, 11) is 0. The Labute approximate surface area is 145 Å². The summed E-state index contributed by atoms with van der Waals surface area (Å²) in [5.74, 6) is -0.438. The number of thiophene rings is 1. The standard InChI is InChI=1S/C17H21N3OS2/c1-11-9-12(2)20(17(22)15(11)16(18)21)10-19-7-3-5-13(19)14-6-4-8-23-14/h4,6,8-9,13H,3,5,7,10H2,1-2H3,(H2,18,21)/p+1/t13-/m0/s1. The number of primary amides is 1. The predicted molar refractivity (Wildman–Crippen MR) is 95.4 cm³/mol. The third-order valence-corrected chi connectivity index (χ3v) is 6.09. The number of quaternary nitrogens is 1. The Morgan fingerprint density at radius 1 is 1.52 bits per heavy atom. The van der Waals surface area contributed by atoms with Gasteiger partial charge in [-0.05, 0) is 36.9 Å². The lowest BCUT2D eigenvalue weighted by molar-refractivity contribution is -0.940. The maximum atomic E-state index is 11.7. The topological polar surface area (TPSA) is 52.5 Å². The van der Waals surface area contributed by atoms with Gasteiger partial charge in [-0.3, -0.25) is 9.36 Å². The second-order valence-corrected chi connectivity index (χ2v) is 7.58. The molecule has 0 aliphatic carbocycles. The number of carbonyl (C=O) groups excluding carboxylic acids is 1. The molecule has 1 unspecified atom stereocenters. The second kappa shape index (κ2) is 6.55.